The number of aryl methyl sites for hydroxylation is 1. The molecule has 2 atom stereocenters. The van der Waals surface area contributed by atoms with Crippen LogP contribution in [0.15, 0.2) is 18.2 Å². The molecule has 104 valence electrons. The Balaban J connectivity index is 2.14. The Kier molecular flexibility index (Phi) is 3.52. The molecular formula is C15H22N2O2. The number of hydrogen-bond acceptors (Lipinski definition) is 3. The molecule has 1 aliphatic rings. The topological polar surface area (TPSA) is 55.2 Å². The van der Waals surface area contributed by atoms with Gasteiger partial charge < -0.3 is 5.32 Å². The summed E-state index contributed by atoms with van der Waals surface area (Å²) in [5.74, 6) is 0.629. The van der Waals surface area contributed by atoms with Crippen LogP contribution in [0.3, 0.4) is 0 Å². The summed E-state index contributed by atoms with van der Waals surface area (Å²) in [6, 6.07) is 5.48. The van der Waals surface area contributed by atoms with Crippen molar-refractivity contribution in [1.82, 2.24) is 0 Å². The van der Waals surface area contributed by atoms with Crippen molar-refractivity contribution in [2.45, 2.75) is 46.6 Å². The molecule has 2 rings (SSSR count). The molecule has 1 N–H and O–H groups in total. The fraction of sp³-hybridized carbons (Fsp3) is 0.600. The Morgan fingerprint density at radius 3 is 2.53 bits per heavy atom. The van der Waals surface area contributed by atoms with Crippen LogP contribution < -0.4 is 5.32 Å². The molecule has 0 aromatic heterocycles. The van der Waals surface area contributed by atoms with Gasteiger partial charge in [0.25, 0.3) is 5.69 Å². The lowest BCUT2D eigenvalue weighted by atomic mass is 9.91. The van der Waals surface area contributed by atoms with Crippen molar-refractivity contribution < 1.29 is 4.92 Å². The van der Waals surface area contributed by atoms with Crippen LogP contribution >= 0.6 is 0 Å². The minimum Gasteiger partial charge on any atom is -0.382 e. The molecule has 1 aromatic rings. The van der Waals surface area contributed by atoms with E-state index in [4.69, 9.17) is 0 Å². The van der Waals surface area contributed by atoms with E-state index in [0.29, 0.717) is 17.4 Å². The van der Waals surface area contributed by atoms with Gasteiger partial charge >= 0.3 is 0 Å². The average Bonchev–Trinajstić information content (AvgIpc) is 2.54. The molecule has 0 aliphatic heterocycles. The zero-order chi connectivity index (χ0) is 14.2. The van der Waals surface area contributed by atoms with Gasteiger partial charge in [0.2, 0.25) is 0 Å². The van der Waals surface area contributed by atoms with E-state index < -0.39 is 0 Å². The van der Waals surface area contributed by atoms with Gasteiger partial charge in [0, 0.05) is 23.9 Å². The normalized spacial score (nSPS) is 25.3. The fourth-order valence-corrected chi connectivity index (χ4v) is 3.21. The van der Waals surface area contributed by atoms with E-state index in [-0.39, 0.29) is 10.6 Å². The molecular weight excluding hydrogens is 240 g/mol. The van der Waals surface area contributed by atoms with Crippen LogP contribution in [-0.2, 0) is 0 Å². The Bertz CT molecular complexity index is 497. The number of rotatable bonds is 3. The van der Waals surface area contributed by atoms with Crippen molar-refractivity contribution in [1.29, 1.82) is 0 Å². The third-order valence-corrected chi connectivity index (χ3v) is 4.10. The summed E-state index contributed by atoms with van der Waals surface area (Å²) in [6.07, 6.45) is 2.36. The summed E-state index contributed by atoms with van der Waals surface area (Å²) in [7, 11) is 0. The smallest absolute Gasteiger partial charge is 0.269 e. The summed E-state index contributed by atoms with van der Waals surface area (Å²) in [4.78, 5) is 10.4. The molecule has 0 radical (unpaired) electrons. The van der Waals surface area contributed by atoms with Crippen LogP contribution in [0.2, 0.25) is 0 Å². The SMILES string of the molecule is Cc1cc([N+](=O)[O-])ccc1NC1CC(C)(C)CC1C. The van der Waals surface area contributed by atoms with Gasteiger partial charge in [0.15, 0.2) is 0 Å². The monoisotopic (exact) mass is 262 g/mol. The number of nitrogens with zero attached hydrogens (tertiary/aromatic N) is 1. The lowest BCUT2D eigenvalue weighted by Gasteiger charge is -2.21. The second-order valence-corrected chi connectivity index (χ2v) is 6.56. The first kappa shape index (κ1) is 13.8. The summed E-state index contributed by atoms with van der Waals surface area (Å²) in [5, 5.41) is 14.3. The molecule has 0 heterocycles. The lowest BCUT2D eigenvalue weighted by Crippen LogP contribution is -2.23. The maximum absolute atomic E-state index is 10.7. The van der Waals surface area contributed by atoms with E-state index in [1.807, 2.05) is 13.0 Å². The first-order valence-corrected chi connectivity index (χ1v) is 6.80. The molecule has 0 spiro atoms. The predicted molar refractivity (Wildman–Crippen MR) is 77.4 cm³/mol. The first-order chi connectivity index (χ1) is 8.78. The Morgan fingerprint density at radius 1 is 1.37 bits per heavy atom. The number of nitrogens with one attached hydrogen (secondary N) is 1. The van der Waals surface area contributed by atoms with Crippen LogP contribution in [0.5, 0.6) is 0 Å². The summed E-state index contributed by atoms with van der Waals surface area (Å²) >= 11 is 0. The van der Waals surface area contributed by atoms with Gasteiger partial charge in [0.1, 0.15) is 0 Å². The largest absolute Gasteiger partial charge is 0.382 e. The van der Waals surface area contributed by atoms with E-state index in [1.165, 1.54) is 6.42 Å². The predicted octanol–water partition coefficient (Wildman–Crippen LogP) is 4.14. The summed E-state index contributed by atoms with van der Waals surface area (Å²) < 4.78 is 0. The zero-order valence-electron chi connectivity index (χ0n) is 12.1. The molecule has 1 aliphatic carbocycles. The van der Waals surface area contributed by atoms with Crippen LogP contribution in [0.1, 0.15) is 39.2 Å². The Labute approximate surface area is 114 Å². The van der Waals surface area contributed by atoms with Crippen molar-refractivity contribution in [2.75, 3.05) is 5.32 Å². The lowest BCUT2D eigenvalue weighted by molar-refractivity contribution is -0.384. The Hall–Kier alpha value is -1.58. The van der Waals surface area contributed by atoms with Gasteiger partial charge in [-0.3, -0.25) is 10.1 Å². The average molecular weight is 262 g/mol. The van der Waals surface area contributed by atoms with Crippen molar-refractivity contribution in [3.63, 3.8) is 0 Å². The van der Waals surface area contributed by atoms with Crippen molar-refractivity contribution in [2.24, 2.45) is 11.3 Å². The van der Waals surface area contributed by atoms with Crippen LogP contribution in [0, 0.1) is 28.4 Å². The molecule has 1 fully saturated rings. The molecule has 4 heteroatoms. The quantitative estimate of drug-likeness (QED) is 0.658. The minimum atomic E-state index is -0.349. The third-order valence-electron chi connectivity index (χ3n) is 4.10. The third kappa shape index (κ3) is 3.06. The highest BCUT2D eigenvalue weighted by molar-refractivity contribution is 5.56. The molecule has 19 heavy (non-hydrogen) atoms. The second-order valence-electron chi connectivity index (χ2n) is 6.56. The first-order valence-electron chi connectivity index (χ1n) is 6.80. The number of nitro groups is 1. The second kappa shape index (κ2) is 4.83. The van der Waals surface area contributed by atoms with Gasteiger partial charge in [-0.25, -0.2) is 0 Å². The Morgan fingerprint density at radius 2 is 2.05 bits per heavy atom. The number of anilines is 1. The minimum absolute atomic E-state index is 0.155. The highest BCUT2D eigenvalue weighted by atomic mass is 16.6. The van der Waals surface area contributed by atoms with E-state index in [9.17, 15) is 10.1 Å². The number of benzene rings is 1. The van der Waals surface area contributed by atoms with E-state index in [0.717, 1.165) is 17.7 Å². The fourth-order valence-electron chi connectivity index (χ4n) is 3.21. The molecule has 1 saturated carbocycles. The highest BCUT2D eigenvalue weighted by Gasteiger charge is 2.36. The van der Waals surface area contributed by atoms with Gasteiger partial charge in [-0.05, 0) is 42.7 Å². The molecule has 4 nitrogen and oxygen atoms in total. The standard InChI is InChI=1S/C15H22N2O2/c1-10-7-12(17(18)19)5-6-13(10)16-14-9-15(3,4)8-11(14)2/h5-7,11,14,16H,8-9H2,1-4H3. The molecule has 0 saturated heterocycles. The number of nitro benzene ring substituents is 1. The van der Waals surface area contributed by atoms with Crippen LogP contribution in [0.25, 0.3) is 0 Å². The number of non-ortho nitro benzene ring substituents is 1. The van der Waals surface area contributed by atoms with Gasteiger partial charge in [-0.1, -0.05) is 20.8 Å². The van der Waals surface area contributed by atoms with Crippen molar-refractivity contribution in [3.05, 3.63) is 33.9 Å². The summed E-state index contributed by atoms with van der Waals surface area (Å²) in [6.45, 7) is 8.79. The van der Waals surface area contributed by atoms with Crippen molar-refractivity contribution >= 4 is 11.4 Å². The maximum atomic E-state index is 10.7. The van der Waals surface area contributed by atoms with Gasteiger partial charge in [-0.15, -0.1) is 0 Å². The highest BCUT2D eigenvalue weighted by Crippen LogP contribution is 2.42. The van der Waals surface area contributed by atoms with E-state index >= 15 is 0 Å². The van der Waals surface area contributed by atoms with E-state index in [2.05, 4.69) is 26.1 Å². The van der Waals surface area contributed by atoms with Crippen molar-refractivity contribution in [3.8, 4) is 0 Å². The van der Waals surface area contributed by atoms with Crippen LogP contribution in [0.4, 0.5) is 11.4 Å². The van der Waals surface area contributed by atoms with Crippen LogP contribution in [-0.4, -0.2) is 11.0 Å². The maximum Gasteiger partial charge on any atom is 0.269 e. The summed E-state index contributed by atoms with van der Waals surface area (Å²) in [5.41, 5.74) is 2.49. The van der Waals surface area contributed by atoms with Gasteiger partial charge in [-0.2, -0.15) is 0 Å². The molecule has 2 unspecified atom stereocenters. The number of hydrogen-bond donors (Lipinski definition) is 1. The zero-order valence-corrected chi connectivity index (χ0v) is 12.1. The molecule has 1 aromatic carbocycles. The molecule has 0 bridgehead atoms. The van der Waals surface area contributed by atoms with Gasteiger partial charge in [0.05, 0.1) is 4.92 Å². The molecule has 0 amide bonds. The van der Waals surface area contributed by atoms with E-state index in [1.54, 1.807) is 12.1 Å².